The molecule has 0 atom stereocenters. The van der Waals surface area contributed by atoms with Gasteiger partial charge in [0.25, 0.3) is 11.1 Å². The van der Waals surface area contributed by atoms with Crippen molar-refractivity contribution in [2.45, 2.75) is 13.8 Å². The standard InChI is InChI=1S/C23H27N3O3S/c1-5-25(6-2)19-9-7-17(8-10-19)15-21-22(27)26(23(28)30-21)16-24(3)18-11-13-20(29-4)14-12-18/h7-15H,5-6,16H2,1-4H3/b21-15+. The molecule has 3 rings (SSSR count). The van der Waals surface area contributed by atoms with Crippen molar-refractivity contribution in [2.75, 3.05) is 43.7 Å². The molecule has 1 aliphatic rings. The number of amides is 2. The van der Waals surface area contributed by atoms with E-state index in [1.807, 2.05) is 60.5 Å². The summed E-state index contributed by atoms with van der Waals surface area (Å²) in [6.07, 6.45) is 1.78. The lowest BCUT2D eigenvalue weighted by Crippen LogP contribution is -2.38. The van der Waals surface area contributed by atoms with Crippen LogP contribution in [0.2, 0.25) is 0 Å². The minimum absolute atomic E-state index is 0.190. The smallest absolute Gasteiger partial charge is 0.295 e. The van der Waals surface area contributed by atoms with Gasteiger partial charge in [-0.15, -0.1) is 0 Å². The van der Waals surface area contributed by atoms with Crippen LogP contribution >= 0.6 is 11.8 Å². The Morgan fingerprint density at radius 1 is 0.967 bits per heavy atom. The molecule has 30 heavy (non-hydrogen) atoms. The van der Waals surface area contributed by atoms with E-state index in [9.17, 15) is 9.59 Å². The molecule has 0 bridgehead atoms. The van der Waals surface area contributed by atoms with Crippen LogP contribution < -0.4 is 14.5 Å². The largest absolute Gasteiger partial charge is 0.497 e. The molecule has 2 amide bonds. The van der Waals surface area contributed by atoms with Crippen molar-refractivity contribution < 1.29 is 14.3 Å². The van der Waals surface area contributed by atoms with Gasteiger partial charge in [-0.05, 0) is 73.6 Å². The minimum atomic E-state index is -0.266. The molecular weight excluding hydrogens is 398 g/mol. The maximum absolute atomic E-state index is 12.8. The van der Waals surface area contributed by atoms with Crippen LogP contribution in [0.25, 0.3) is 6.08 Å². The quantitative estimate of drug-likeness (QED) is 0.573. The summed E-state index contributed by atoms with van der Waals surface area (Å²) in [6.45, 7) is 6.31. The number of carbonyl (C=O) groups is 2. The lowest BCUT2D eigenvalue weighted by Gasteiger charge is -2.24. The molecule has 1 saturated heterocycles. The zero-order valence-electron chi connectivity index (χ0n) is 17.8. The van der Waals surface area contributed by atoms with Gasteiger partial charge >= 0.3 is 0 Å². The van der Waals surface area contributed by atoms with E-state index in [0.29, 0.717) is 4.91 Å². The molecule has 0 N–H and O–H groups in total. The molecule has 6 nitrogen and oxygen atoms in total. The van der Waals surface area contributed by atoms with Gasteiger partial charge in [-0.1, -0.05) is 12.1 Å². The minimum Gasteiger partial charge on any atom is -0.497 e. The van der Waals surface area contributed by atoms with E-state index in [1.54, 1.807) is 13.2 Å². The number of ether oxygens (including phenoxy) is 1. The van der Waals surface area contributed by atoms with Crippen LogP contribution in [0.3, 0.4) is 0 Å². The molecule has 0 saturated carbocycles. The van der Waals surface area contributed by atoms with Crippen LogP contribution in [0.4, 0.5) is 16.2 Å². The van der Waals surface area contributed by atoms with Gasteiger partial charge in [-0.3, -0.25) is 9.59 Å². The zero-order chi connectivity index (χ0) is 21.7. The maximum Gasteiger partial charge on any atom is 0.295 e. The second-order valence-corrected chi connectivity index (χ2v) is 7.90. The predicted octanol–water partition coefficient (Wildman–Crippen LogP) is 4.67. The van der Waals surface area contributed by atoms with Gasteiger partial charge in [0.15, 0.2) is 0 Å². The molecule has 1 fully saturated rings. The van der Waals surface area contributed by atoms with Gasteiger partial charge in [0, 0.05) is 31.5 Å². The zero-order valence-corrected chi connectivity index (χ0v) is 18.6. The number of hydrogen-bond acceptors (Lipinski definition) is 6. The van der Waals surface area contributed by atoms with Crippen LogP contribution in [0.1, 0.15) is 19.4 Å². The summed E-state index contributed by atoms with van der Waals surface area (Å²) >= 11 is 0.981. The van der Waals surface area contributed by atoms with Crippen molar-refractivity contribution in [2.24, 2.45) is 0 Å². The Bertz CT molecular complexity index is 922. The normalized spacial score (nSPS) is 15.1. The highest BCUT2D eigenvalue weighted by atomic mass is 32.2. The Balaban J connectivity index is 1.70. The summed E-state index contributed by atoms with van der Waals surface area (Å²) in [5.74, 6) is 0.492. The topological polar surface area (TPSA) is 53.1 Å². The Morgan fingerprint density at radius 2 is 1.57 bits per heavy atom. The van der Waals surface area contributed by atoms with E-state index in [4.69, 9.17) is 4.74 Å². The molecule has 0 aromatic heterocycles. The monoisotopic (exact) mass is 425 g/mol. The third-order valence-electron chi connectivity index (χ3n) is 5.06. The summed E-state index contributed by atoms with van der Waals surface area (Å²) in [4.78, 5) is 31.1. The van der Waals surface area contributed by atoms with E-state index in [-0.39, 0.29) is 17.8 Å². The highest BCUT2D eigenvalue weighted by Crippen LogP contribution is 2.33. The van der Waals surface area contributed by atoms with E-state index in [2.05, 4.69) is 18.7 Å². The lowest BCUT2D eigenvalue weighted by atomic mass is 10.1. The van der Waals surface area contributed by atoms with Gasteiger partial charge in [-0.2, -0.15) is 0 Å². The highest BCUT2D eigenvalue weighted by molar-refractivity contribution is 8.18. The van der Waals surface area contributed by atoms with E-state index in [0.717, 1.165) is 47.5 Å². The molecular formula is C23H27N3O3S. The third kappa shape index (κ3) is 4.79. The van der Waals surface area contributed by atoms with Crippen molar-refractivity contribution >= 4 is 40.4 Å². The van der Waals surface area contributed by atoms with Crippen LogP contribution in [0.15, 0.2) is 53.4 Å². The SMILES string of the molecule is CCN(CC)c1ccc(/C=C2/SC(=O)N(CN(C)c3ccc(OC)cc3)C2=O)cc1. The third-order valence-corrected chi connectivity index (χ3v) is 5.97. The number of anilines is 2. The Morgan fingerprint density at radius 3 is 2.13 bits per heavy atom. The van der Waals surface area contributed by atoms with Gasteiger partial charge < -0.3 is 14.5 Å². The number of rotatable bonds is 8. The molecule has 2 aromatic rings. The maximum atomic E-state index is 12.8. The molecule has 158 valence electrons. The number of hydrogen-bond donors (Lipinski definition) is 0. The Hall–Kier alpha value is -2.93. The molecule has 1 aliphatic heterocycles. The van der Waals surface area contributed by atoms with E-state index >= 15 is 0 Å². The number of imide groups is 1. The first-order valence-corrected chi connectivity index (χ1v) is 10.7. The number of carbonyl (C=O) groups excluding carboxylic acids is 2. The van der Waals surface area contributed by atoms with Crippen LogP contribution in [-0.2, 0) is 4.79 Å². The fourth-order valence-electron chi connectivity index (χ4n) is 3.27. The summed E-state index contributed by atoms with van der Waals surface area (Å²) in [5, 5.41) is -0.258. The summed E-state index contributed by atoms with van der Waals surface area (Å²) in [5.41, 5.74) is 2.94. The predicted molar refractivity (Wildman–Crippen MR) is 124 cm³/mol. The average Bonchev–Trinajstić information content (AvgIpc) is 3.03. The number of nitrogens with zero attached hydrogens (tertiary/aromatic N) is 3. The van der Waals surface area contributed by atoms with Crippen molar-refractivity contribution in [1.82, 2.24) is 4.90 Å². The molecule has 7 heteroatoms. The average molecular weight is 426 g/mol. The second-order valence-electron chi connectivity index (χ2n) is 6.91. The Kier molecular flexibility index (Phi) is 7.05. The van der Waals surface area contributed by atoms with Crippen LogP contribution in [-0.4, -0.2) is 50.0 Å². The molecule has 2 aromatic carbocycles. The van der Waals surface area contributed by atoms with E-state index < -0.39 is 0 Å². The first-order valence-electron chi connectivity index (χ1n) is 9.92. The Labute approximate surface area is 182 Å². The molecule has 0 spiro atoms. The molecule has 0 unspecified atom stereocenters. The summed E-state index contributed by atoms with van der Waals surface area (Å²) in [6, 6.07) is 15.5. The fraction of sp³-hybridized carbons (Fsp3) is 0.304. The molecule has 0 radical (unpaired) electrons. The number of benzene rings is 2. The van der Waals surface area contributed by atoms with Gasteiger partial charge in [0.2, 0.25) is 0 Å². The van der Waals surface area contributed by atoms with Crippen molar-refractivity contribution in [3.63, 3.8) is 0 Å². The van der Waals surface area contributed by atoms with Crippen molar-refractivity contribution in [1.29, 1.82) is 0 Å². The molecule has 1 heterocycles. The fourth-order valence-corrected chi connectivity index (χ4v) is 4.11. The second kappa shape index (κ2) is 9.71. The van der Waals surface area contributed by atoms with Gasteiger partial charge in [0.1, 0.15) is 12.4 Å². The van der Waals surface area contributed by atoms with Crippen LogP contribution in [0.5, 0.6) is 5.75 Å². The number of methoxy groups -OCH3 is 1. The van der Waals surface area contributed by atoms with Gasteiger partial charge in [0.05, 0.1) is 12.0 Å². The van der Waals surface area contributed by atoms with E-state index in [1.165, 1.54) is 4.90 Å². The molecule has 0 aliphatic carbocycles. The summed E-state index contributed by atoms with van der Waals surface area (Å²) < 4.78 is 5.17. The number of thioether (sulfide) groups is 1. The van der Waals surface area contributed by atoms with Crippen molar-refractivity contribution in [3.8, 4) is 5.75 Å². The first-order chi connectivity index (χ1) is 14.5. The lowest BCUT2D eigenvalue weighted by molar-refractivity contribution is -0.122. The first kappa shape index (κ1) is 21.8. The van der Waals surface area contributed by atoms with Gasteiger partial charge in [-0.25, -0.2) is 4.90 Å². The van der Waals surface area contributed by atoms with Crippen LogP contribution in [0, 0.1) is 0 Å². The van der Waals surface area contributed by atoms with Crippen molar-refractivity contribution in [3.05, 3.63) is 59.0 Å². The summed E-state index contributed by atoms with van der Waals surface area (Å²) in [7, 11) is 3.46. The highest BCUT2D eigenvalue weighted by Gasteiger charge is 2.35.